The van der Waals surface area contributed by atoms with Crippen LogP contribution < -0.4 is 5.32 Å². The van der Waals surface area contributed by atoms with Crippen molar-refractivity contribution in [2.45, 2.75) is 32.6 Å². The molecule has 0 atom stereocenters. The Hall–Kier alpha value is -0.990. The first-order chi connectivity index (χ1) is 8.25. The predicted molar refractivity (Wildman–Crippen MR) is 77.8 cm³/mol. The summed E-state index contributed by atoms with van der Waals surface area (Å²) in [6.07, 6.45) is 4.43. The Morgan fingerprint density at radius 2 is 1.89 bits per heavy atom. The topological polar surface area (TPSA) is 25.2 Å². The number of piperidine rings is 1. The Kier molecular flexibility index (Phi) is 3.98. The van der Waals surface area contributed by atoms with Gasteiger partial charge in [-0.25, -0.2) is 0 Å². The monoisotopic (exact) mass is 265 g/mol. The highest BCUT2D eigenvalue weighted by molar-refractivity contribution is 5.86. The lowest BCUT2D eigenvalue weighted by Crippen LogP contribution is -2.26. The second-order valence-electron chi connectivity index (χ2n) is 5.17. The summed E-state index contributed by atoms with van der Waals surface area (Å²) in [4.78, 5) is 0. The average molecular weight is 266 g/mol. The summed E-state index contributed by atoms with van der Waals surface area (Å²) in [6, 6.07) is 4.40. The van der Waals surface area contributed by atoms with Gasteiger partial charge in [0.15, 0.2) is 0 Å². The minimum absolute atomic E-state index is 0. The third-order valence-corrected chi connectivity index (χ3v) is 3.82. The smallest absolute Gasteiger partial charge is 0.134 e. The summed E-state index contributed by atoms with van der Waals surface area (Å²) < 4.78 is 5.74. The maximum absolute atomic E-state index is 5.74. The Bertz CT molecular complexity index is 541. The molecule has 2 nitrogen and oxygen atoms in total. The van der Waals surface area contributed by atoms with Crippen LogP contribution in [0.2, 0.25) is 0 Å². The number of aryl methyl sites for hydroxylation is 2. The van der Waals surface area contributed by atoms with Gasteiger partial charge in [-0.3, -0.25) is 0 Å². The normalized spacial score (nSPS) is 16.8. The van der Waals surface area contributed by atoms with Crippen molar-refractivity contribution in [1.82, 2.24) is 5.32 Å². The lowest BCUT2D eigenvalue weighted by atomic mass is 9.88. The number of halogens is 1. The summed E-state index contributed by atoms with van der Waals surface area (Å²) in [7, 11) is 0. The van der Waals surface area contributed by atoms with E-state index in [4.69, 9.17) is 4.42 Å². The molecule has 2 aromatic rings. The molecule has 3 rings (SSSR count). The van der Waals surface area contributed by atoms with Crippen molar-refractivity contribution in [3.05, 3.63) is 35.1 Å². The average Bonchev–Trinajstić information content (AvgIpc) is 2.74. The first kappa shape index (κ1) is 13.4. The molecule has 3 heteroatoms. The fourth-order valence-corrected chi connectivity index (χ4v) is 3.01. The number of benzene rings is 1. The van der Waals surface area contributed by atoms with E-state index in [1.165, 1.54) is 34.9 Å². The van der Waals surface area contributed by atoms with Crippen LogP contribution >= 0.6 is 12.4 Å². The van der Waals surface area contributed by atoms with Crippen LogP contribution in [0.25, 0.3) is 11.0 Å². The van der Waals surface area contributed by atoms with Gasteiger partial charge < -0.3 is 9.73 Å². The van der Waals surface area contributed by atoms with Crippen LogP contribution in [0.5, 0.6) is 0 Å². The van der Waals surface area contributed by atoms with Gasteiger partial charge in [0, 0.05) is 10.9 Å². The highest BCUT2D eigenvalue weighted by Gasteiger charge is 2.20. The molecule has 1 fully saturated rings. The van der Waals surface area contributed by atoms with Crippen molar-refractivity contribution in [1.29, 1.82) is 0 Å². The van der Waals surface area contributed by atoms with Crippen molar-refractivity contribution < 1.29 is 4.42 Å². The number of furan rings is 1. The molecule has 18 heavy (non-hydrogen) atoms. The SMILES string of the molecule is Cc1cc(C)c2c(C3CCNCC3)coc2c1.Cl. The summed E-state index contributed by atoms with van der Waals surface area (Å²) in [6.45, 7) is 6.57. The molecule has 2 heterocycles. The summed E-state index contributed by atoms with van der Waals surface area (Å²) in [5, 5.41) is 4.77. The summed E-state index contributed by atoms with van der Waals surface area (Å²) >= 11 is 0. The summed E-state index contributed by atoms with van der Waals surface area (Å²) in [5.41, 5.74) is 5.10. The molecule has 1 aliphatic heterocycles. The third kappa shape index (κ3) is 2.27. The van der Waals surface area contributed by atoms with Gasteiger partial charge in [-0.2, -0.15) is 0 Å². The molecule has 0 bridgehead atoms. The minimum Gasteiger partial charge on any atom is -0.464 e. The minimum atomic E-state index is 0. The van der Waals surface area contributed by atoms with Crippen LogP contribution in [0, 0.1) is 13.8 Å². The van der Waals surface area contributed by atoms with E-state index in [2.05, 4.69) is 31.3 Å². The molecule has 0 aliphatic carbocycles. The van der Waals surface area contributed by atoms with Gasteiger partial charge in [0.25, 0.3) is 0 Å². The number of nitrogens with one attached hydrogen (secondary N) is 1. The van der Waals surface area contributed by atoms with E-state index in [1.54, 1.807) is 0 Å². The van der Waals surface area contributed by atoms with Crippen LogP contribution in [0.4, 0.5) is 0 Å². The maximum Gasteiger partial charge on any atom is 0.134 e. The van der Waals surface area contributed by atoms with E-state index in [0.717, 1.165) is 18.7 Å². The maximum atomic E-state index is 5.74. The van der Waals surface area contributed by atoms with E-state index in [9.17, 15) is 0 Å². The Morgan fingerprint density at radius 3 is 2.61 bits per heavy atom. The first-order valence-electron chi connectivity index (χ1n) is 6.45. The second-order valence-corrected chi connectivity index (χ2v) is 5.17. The largest absolute Gasteiger partial charge is 0.464 e. The van der Waals surface area contributed by atoms with Crippen LogP contribution in [-0.2, 0) is 0 Å². The molecule has 98 valence electrons. The zero-order valence-electron chi connectivity index (χ0n) is 11.0. The Balaban J connectivity index is 0.00000120. The predicted octanol–water partition coefficient (Wildman–Crippen LogP) is 3.94. The molecule has 1 aromatic carbocycles. The third-order valence-electron chi connectivity index (χ3n) is 3.82. The summed E-state index contributed by atoms with van der Waals surface area (Å²) in [5.74, 6) is 0.666. The van der Waals surface area contributed by atoms with E-state index >= 15 is 0 Å². The zero-order chi connectivity index (χ0) is 11.8. The number of hydrogen-bond acceptors (Lipinski definition) is 2. The van der Waals surface area contributed by atoms with Crippen molar-refractivity contribution in [2.75, 3.05) is 13.1 Å². The number of hydrogen-bond donors (Lipinski definition) is 1. The standard InChI is InChI=1S/C15H19NO.ClH/c1-10-7-11(2)15-13(9-17-14(15)8-10)12-3-5-16-6-4-12;/h7-9,12,16H,3-6H2,1-2H3;1H. The van der Waals surface area contributed by atoms with E-state index < -0.39 is 0 Å². The van der Waals surface area contributed by atoms with E-state index in [0.29, 0.717) is 5.92 Å². The van der Waals surface area contributed by atoms with Crippen LogP contribution in [-0.4, -0.2) is 13.1 Å². The van der Waals surface area contributed by atoms with Crippen molar-refractivity contribution >= 4 is 23.4 Å². The molecule has 0 spiro atoms. The van der Waals surface area contributed by atoms with E-state index in [1.807, 2.05) is 6.26 Å². The highest BCUT2D eigenvalue weighted by Crippen LogP contribution is 2.35. The van der Waals surface area contributed by atoms with E-state index in [-0.39, 0.29) is 12.4 Å². The molecule has 1 aliphatic rings. The van der Waals surface area contributed by atoms with Crippen LogP contribution in [0.15, 0.2) is 22.8 Å². The number of fused-ring (bicyclic) bond motifs is 1. The number of rotatable bonds is 1. The van der Waals surface area contributed by atoms with Crippen LogP contribution in [0.1, 0.15) is 35.4 Å². The fraction of sp³-hybridized carbons (Fsp3) is 0.467. The molecule has 0 saturated carbocycles. The van der Waals surface area contributed by atoms with Crippen molar-refractivity contribution in [2.24, 2.45) is 0 Å². The molecule has 0 unspecified atom stereocenters. The van der Waals surface area contributed by atoms with Gasteiger partial charge in [0.2, 0.25) is 0 Å². The Morgan fingerprint density at radius 1 is 1.17 bits per heavy atom. The fourth-order valence-electron chi connectivity index (χ4n) is 3.01. The molecule has 1 N–H and O–H groups in total. The lowest BCUT2D eigenvalue weighted by molar-refractivity contribution is 0.457. The van der Waals surface area contributed by atoms with Gasteiger partial charge in [-0.1, -0.05) is 6.07 Å². The van der Waals surface area contributed by atoms with Gasteiger partial charge in [-0.05, 0) is 62.9 Å². The Labute approximate surface area is 114 Å². The molecule has 1 aromatic heterocycles. The molecule has 0 radical (unpaired) electrons. The first-order valence-corrected chi connectivity index (χ1v) is 6.45. The quantitative estimate of drug-likeness (QED) is 0.845. The molecular weight excluding hydrogens is 246 g/mol. The van der Waals surface area contributed by atoms with Gasteiger partial charge in [0.1, 0.15) is 5.58 Å². The van der Waals surface area contributed by atoms with Gasteiger partial charge in [0.05, 0.1) is 6.26 Å². The van der Waals surface area contributed by atoms with Crippen molar-refractivity contribution in [3.8, 4) is 0 Å². The zero-order valence-corrected chi connectivity index (χ0v) is 11.8. The van der Waals surface area contributed by atoms with Crippen molar-refractivity contribution in [3.63, 3.8) is 0 Å². The lowest BCUT2D eigenvalue weighted by Gasteiger charge is -2.22. The molecule has 1 saturated heterocycles. The molecular formula is C15H20ClNO. The molecule has 0 amide bonds. The van der Waals surface area contributed by atoms with Gasteiger partial charge in [-0.15, -0.1) is 12.4 Å². The highest BCUT2D eigenvalue weighted by atomic mass is 35.5. The second kappa shape index (κ2) is 5.33. The van der Waals surface area contributed by atoms with Gasteiger partial charge >= 0.3 is 0 Å². The van der Waals surface area contributed by atoms with Crippen LogP contribution in [0.3, 0.4) is 0 Å².